The molecule has 0 amide bonds. The number of hydrogen-bond acceptors (Lipinski definition) is 7. The number of rotatable bonds is 9. The van der Waals surface area contributed by atoms with Crippen molar-refractivity contribution in [2.45, 2.75) is 50.9 Å². The number of tetrazole rings is 1. The van der Waals surface area contributed by atoms with E-state index in [2.05, 4.69) is 25.4 Å². The summed E-state index contributed by atoms with van der Waals surface area (Å²) in [6, 6.07) is 18.7. The van der Waals surface area contributed by atoms with Gasteiger partial charge in [-0.15, -0.1) is 5.10 Å². The smallest absolute Gasteiger partial charge is 0.253 e. The van der Waals surface area contributed by atoms with Gasteiger partial charge in [0.05, 0.1) is 26.0 Å². The highest BCUT2D eigenvalue weighted by Gasteiger charge is 2.34. The van der Waals surface area contributed by atoms with Crippen molar-refractivity contribution < 1.29 is 9.15 Å². The molecule has 0 saturated heterocycles. The molecule has 0 unspecified atom stereocenters. The van der Waals surface area contributed by atoms with Crippen LogP contribution < -0.4 is 10.3 Å². The third-order valence-corrected chi connectivity index (χ3v) is 7.66. The van der Waals surface area contributed by atoms with Gasteiger partial charge in [0.2, 0.25) is 0 Å². The van der Waals surface area contributed by atoms with Crippen LogP contribution in [-0.4, -0.2) is 37.2 Å². The summed E-state index contributed by atoms with van der Waals surface area (Å²) in [6.45, 7) is 0.947. The van der Waals surface area contributed by atoms with Crippen molar-refractivity contribution in [2.75, 3.05) is 7.11 Å². The lowest BCUT2D eigenvalue weighted by Gasteiger charge is -2.31. The Labute approximate surface area is 230 Å². The van der Waals surface area contributed by atoms with E-state index in [0.717, 1.165) is 47.9 Å². The molecular weight excluding hydrogens is 516 g/mol. The topological polar surface area (TPSA) is 102 Å². The van der Waals surface area contributed by atoms with Crippen LogP contribution in [0.25, 0.3) is 10.9 Å². The standard InChI is InChI=1S/C29H29ClN6O3/c1-38-23-12-13-26-20(15-23)16-25(29(37)31-26)27(28-32-33-34-36(28)22-5-2-3-6-22)35(18-24-7-4-14-39-24)17-19-8-10-21(30)11-9-19/h4,7-16,22,27H,2-3,5-6,17-18H2,1H3,(H,31,37)/t27-/m1/s1. The number of hydrogen-bond donors (Lipinski definition) is 1. The summed E-state index contributed by atoms with van der Waals surface area (Å²) in [5.41, 5.74) is 2.12. The first-order chi connectivity index (χ1) is 19.1. The number of nitrogens with zero attached hydrogens (tertiary/aromatic N) is 5. The molecule has 2 aromatic carbocycles. The van der Waals surface area contributed by atoms with E-state index in [4.69, 9.17) is 20.8 Å². The van der Waals surface area contributed by atoms with E-state index < -0.39 is 6.04 Å². The molecule has 1 atom stereocenters. The van der Waals surface area contributed by atoms with Gasteiger partial charge in [-0.2, -0.15) is 0 Å². The fourth-order valence-corrected chi connectivity index (χ4v) is 5.61. The predicted octanol–water partition coefficient (Wildman–Crippen LogP) is 5.68. The molecule has 1 saturated carbocycles. The summed E-state index contributed by atoms with van der Waals surface area (Å²) < 4.78 is 13.1. The van der Waals surface area contributed by atoms with Crippen molar-refractivity contribution in [1.82, 2.24) is 30.1 Å². The summed E-state index contributed by atoms with van der Waals surface area (Å²) in [7, 11) is 1.63. The molecule has 1 aliphatic carbocycles. The Morgan fingerprint density at radius 1 is 1.13 bits per heavy atom. The maximum absolute atomic E-state index is 13.7. The second-order valence-corrected chi connectivity index (χ2v) is 10.4. The number of halogens is 1. The van der Waals surface area contributed by atoms with E-state index in [1.807, 2.05) is 65.3 Å². The van der Waals surface area contributed by atoms with Gasteiger partial charge in [0.25, 0.3) is 5.56 Å². The summed E-state index contributed by atoms with van der Waals surface area (Å²) in [4.78, 5) is 19.0. The zero-order chi connectivity index (χ0) is 26.8. The summed E-state index contributed by atoms with van der Waals surface area (Å²) in [5, 5.41) is 14.6. The summed E-state index contributed by atoms with van der Waals surface area (Å²) in [5.74, 6) is 2.12. The van der Waals surface area contributed by atoms with Crippen LogP contribution in [0.5, 0.6) is 5.75 Å². The lowest BCUT2D eigenvalue weighted by Crippen LogP contribution is -2.35. The molecule has 39 heavy (non-hydrogen) atoms. The molecule has 1 fully saturated rings. The lowest BCUT2D eigenvalue weighted by atomic mass is 10.0. The number of furan rings is 1. The third kappa shape index (κ3) is 5.32. The molecule has 1 aliphatic rings. The molecule has 9 nitrogen and oxygen atoms in total. The molecule has 0 bridgehead atoms. The number of aromatic amines is 1. The van der Waals surface area contributed by atoms with Crippen LogP contribution in [0.4, 0.5) is 0 Å². The van der Waals surface area contributed by atoms with Crippen molar-refractivity contribution in [1.29, 1.82) is 0 Å². The molecule has 0 spiro atoms. The maximum atomic E-state index is 13.7. The molecule has 3 aromatic heterocycles. The van der Waals surface area contributed by atoms with E-state index in [-0.39, 0.29) is 11.6 Å². The number of H-pyrrole nitrogens is 1. The largest absolute Gasteiger partial charge is 0.497 e. The molecule has 6 rings (SSSR count). The van der Waals surface area contributed by atoms with Gasteiger partial charge in [0.15, 0.2) is 5.82 Å². The molecule has 10 heteroatoms. The first kappa shape index (κ1) is 25.3. The van der Waals surface area contributed by atoms with Crippen molar-refractivity contribution >= 4 is 22.5 Å². The SMILES string of the molecule is COc1ccc2[nH]c(=O)c([C@H](c3nnnn3C3CCCC3)N(Cc3ccc(Cl)cc3)Cc3ccco3)cc2c1. The highest BCUT2D eigenvalue weighted by Crippen LogP contribution is 2.35. The molecule has 200 valence electrons. The molecule has 0 aliphatic heterocycles. The first-order valence-electron chi connectivity index (χ1n) is 13.1. The van der Waals surface area contributed by atoms with Gasteiger partial charge in [0.1, 0.15) is 17.6 Å². The van der Waals surface area contributed by atoms with Gasteiger partial charge >= 0.3 is 0 Å². The molecule has 1 N–H and O–H groups in total. The number of benzene rings is 2. The van der Waals surface area contributed by atoms with E-state index in [9.17, 15) is 4.79 Å². The Kier molecular flexibility index (Phi) is 7.17. The fourth-order valence-electron chi connectivity index (χ4n) is 5.49. The highest BCUT2D eigenvalue weighted by atomic mass is 35.5. The van der Waals surface area contributed by atoms with Crippen LogP contribution in [-0.2, 0) is 13.1 Å². The van der Waals surface area contributed by atoms with Crippen LogP contribution in [0.2, 0.25) is 5.02 Å². The zero-order valence-corrected chi connectivity index (χ0v) is 22.3. The zero-order valence-electron chi connectivity index (χ0n) is 21.6. The van der Waals surface area contributed by atoms with Crippen molar-refractivity contribution in [3.05, 3.63) is 105 Å². The fraction of sp³-hybridized carbons (Fsp3) is 0.310. The van der Waals surface area contributed by atoms with Gasteiger partial charge in [-0.25, -0.2) is 4.68 Å². The Morgan fingerprint density at radius 3 is 2.69 bits per heavy atom. The summed E-state index contributed by atoms with van der Waals surface area (Å²) in [6.07, 6.45) is 5.93. The number of aromatic nitrogens is 5. The minimum absolute atomic E-state index is 0.193. The second-order valence-electron chi connectivity index (χ2n) is 9.94. The quantitative estimate of drug-likeness (QED) is 0.255. The Balaban J connectivity index is 1.53. The minimum Gasteiger partial charge on any atom is -0.497 e. The predicted molar refractivity (Wildman–Crippen MR) is 148 cm³/mol. The molecule has 3 heterocycles. The van der Waals surface area contributed by atoms with Crippen LogP contribution in [0.15, 0.2) is 76.1 Å². The lowest BCUT2D eigenvalue weighted by molar-refractivity contribution is 0.176. The number of fused-ring (bicyclic) bond motifs is 1. The second kappa shape index (κ2) is 11.0. The summed E-state index contributed by atoms with van der Waals surface area (Å²) >= 11 is 6.18. The van der Waals surface area contributed by atoms with Crippen molar-refractivity contribution in [2.24, 2.45) is 0 Å². The minimum atomic E-state index is -0.555. The number of ether oxygens (including phenoxy) is 1. The Bertz CT molecular complexity index is 1610. The average Bonchev–Trinajstić information content (AvgIpc) is 3.73. The Hall–Kier alpha value is -3.95. The molecule has 0 radical (unpaired) electrons. The molecule has 5 aromatic rings. The van der Waals surface area contributed by atoms with E-state index >= 15 is 0 Å². The normalized spacial score (nSPS) is 14.8. The number of pyridine rings is 1. The average molecular weight is 545 g/mol. The highest BCUT2D eigenvalue weighted by molar-refractivity contribution is 6.30. The van der Waals surface area contributed by atoms with Crippen molar-refractivity contribution in [3.8, 4) is 5.75 Å². The van der Waals surface area contributed by atoms with Gasteiger partial charge in [-0.1, -0.05) is 36.6 Å². The van der Waals surface area contributed by atoms with Crippen LogP contribution in [0.1, 0.15) is 60.5 Å². The van der Waals surface area contributed by atoms with Crippen LogP contribution in [0.3, 0.4) is 0 Å². The van der Waals surface area contributed by atoms with Crippen LogP contribution >= 0.6 is 11.6 Å². The van der Waals surface area contributed by atoms with E-state index in [0.29, 0.717) is 35.2 Å². The molecular formula is C29H29ClN6O3. The van der Waals surface area contributed by atoms with Gasteiger partial charge in [0, 0.05) is 28.0 Å². The number of nitrogens with one attached hydrogen (secondary N) is 1. The van der Waals surface area contributed by atoms with Gasteiger partial charge in [-0.3, -0.25) is 9.69 Å². The van der Waals surface area contributed by atoms with Crippen LogP contribution in [0, 0.1) is 0 Å². The number of methoxy groups -OCH3 is 1. The monoisotopic (exact) mass is 544 g/mol. The Morgan fingerprint density at radius 2 is 1.95 bits per heavy atom. The van der Waals surface area contributed by atoms with Gasteiger partial charge < -0.3 is 14.1 Å². The van der Waals surface area contributed by atoms with E-state index in [1.165, 1.54) is 0 Å². The van der Waals surface area contributed by atoms with Crippen molar-refractivity contribution in [3.63, 3.8) is 0 Å². The van der Waals surface area contributed by atoms with Gasteiger partial charge in [-0.05, 0) is 77.4 Å². The third-order valence-electron chi connectivity index (χ3n) is 7.41. The maximum Gasteiger partial charge on any atom is 0.253 e. The van der Waals surface area contributed by atoms with E-state index in [1.54, 1.807) is 13.4 Å². The first-order valence-corrected chi connectivity index (χ1v) is 13.5.